The highest BCUT2D eigenvalue weighted by Gasteiger charge is 2.42. The molecule has 0 saturated carbocycles. The standard InChI is InChI=1S/C2H9NO7P2.CH4/c4-1-3-2(11(5,6)7)12(8,9)10;/h2-4H,1H2,(H2,5,6,7)(H2,8,9,10);1H4. The largest absolute Gasteiger partial charge is 0.381 e. The van der Waals surface area contributed by atoms with Crippen molar-refractivity contribution in [2.24, 2.45) is 0 Å². The molecule has 0 aliphatic heterocycles. The van der Waals surface area contributed by atoms with Gasteiger partial charge in [0.2, 0.25) is 5.52 Å². The first-order valence-electron chi connectivity index (χ1n) is 2.64. The van der Waals surface area contributed by atoms with E-state index in [2.05, 4.69) is 0 Å². The van der Waals surface area contributed by atoms with Crippen LogP contribution in [0, 0.1) is 0 Å². The van der Waals surface area contributed by atoms with Crippen molar-refractivity contribution in [2.75, 3.05) is 6.73 Å². The van der Waals surface area contributed by atoms with Gasteiger partial charge in [0.05, 0.1) is 6.73 Å². The van der Waals surface area contributed by atoms with Crippen molar-refractivity contribution in [3.8, 4) is 0 Å². The zero-order valence-corrected chi connectivity index (χ0v) is 7.52. The van der Waals surface area contributed by atoms with Gasteiger partial charge in [0.15, 0.2) is 0 Å². The lowest BCUT2D eigenvalue weighted by Crippen LogP contribution is -2.29. The lowest BCUT2D eigenvalue weighted by Gasteiger charge is -2.19. The first-order chi connectivity index (χ1) is 5.19. The minimum Gasteiger partial charge on any atom is -0.381 e. The van der Waals surface area contributed by atoms with E-state index in [-0.39, 0.29) is 7.43 Å². The fourth-order valence-corrected chi connectivity index (χ4v) is 2.72. The van der Waals surface area contributed by atoms with E-state index in [0.717, 1.165) is 0 Å². The van der Waals surface area contributed by atoms with Crippen LogP contribution in [-0.4, -0.2) is 36.9 Å². The van der Waals surface area contributed by atoms with Gasteiger partial charge in [0.25, 0.3) is 0 Å². The number of hydrogen-bond acceptors (Lipinski definition) is 4. The zero-order valence-electron chi connectivity index (χ0n) is 5.73. The van der Waals surface area contributed by atoms with Crippen LogP contribution in [0.1, 0.15) is 7.43 Å². The number of nitrogens with one attached hydrogen (secondary N) is 1. The van der Waals surface area contributed by atoms with Crippen LogP contribution in [0.5, 0.6) is 0 Å². The van der Waals surface area contributed by atoms with Crippen molar-refractivity contribution < 1.29 is 33.8 Å². The van der Waals surface area contributed by atoms with E-state index in [1.54, 1.807) is 5.32 Å². The molecule has 0 unspecified atom stereocenters. The summed E-state index contributed by atoms with van der Waals surface area (Å²) in [5.41, 5.74) is -2.34. The van der Waals surface area contributed by atoms with Crippen molar-refractivity contribution in [3.63, 3.8) is 0 Å². The highest BCUT2D eigenvalue weighted by atomic mass is 31.2. The van der Waals surface area contributed by atoms with E-state index in [1.807, 2.05) is 0 Å². The molecule has 0 aromatic carbocycles. The van der Waals surface area contributed by atoms with E-state index in [1.165, 1.54) is 0 Å². The van der Waals surface area contributed by atoms with Crippen LogP contribution in [0.15, 0.2) is 0 Å². The Bertz CT molecular complexity index is 208. The summed E-state index contributed by atoms with van der Waals surface area (Å²) >= 11 is 0. The minimum atomic E-state index is -4.95. The quantitative estimate of drug-likeness (QED) is 0.264. The normalized spacial score (nSPS) is 12.8. The number of aliphatic hydroxyl groups excluding tert-OH is 1. The average molecular weight is 237 g/mol. The molecular formula is C3H13NO7P2. The maximum absolute atomic E-state index is 10.4. The van der Waals surface area contributed by atoms with E-state index >= 15 is 0 Å². The average Bonchev–Trinajstić information content (AvgIpc) is 1.77. The molecule has 0 rings (SSSR count). The molecule has 0 bridgehead atoms. The molecule has 0 fully saturated rings. The Labute approximate surface area is 74.9 Å². The molecule has 0 aromatic rings. The fraction of sp³-hybridized carbons (Fsp3) is 1.00. The summed E-state index contributed by atoms with van der Waals surface area (Å²) in [4.78, 5) is 33.6. The number of hydrogen-bond donors (Lipinski definition) is 6. The van der Waals surface area contributed by atoms with Crippen LogP contribution in [0.4, 0.5) is 0 Å². The monoisotopic (exact) mass is 237 g/mol. The molecule has 0 aliphatic carbocycles. The first kappa shape index (κ1) is 15.7. The predicted molar refractivity (Wildman–Crippen MR) is 44.8 cm³/mol. The number of aliphatic hydroxyl groups is 1. The van der Waals surface area contributed by atoms with Crippen LogP contribution in [0.3, 0.4) is 0 Å². The maximum atomic E-state index is 10.4. The molecule has 6 N–H and O–H groups in total. The molecule has 82 valence electrons. The van der Waals surface area contributed by atoms with Crippen molar-refractivity contribution in [1.82, 2.24) is 5.32 Å². The van der Waals surface area contributed by atoms with Gasteiger partial charge in [0.1, 0.15) is 0 Å². The fourth-order valence-electron chi connectivity index (χ4n) is 0.515. The Kier molecular flexibility index (Phi) is 6.26. The smallest absolute Gasteiger partial charge is 0.354 e. The third-order valence-electron chi connectivity index (χ3n) is 0.911. The second-order valence-electron chi connectivity index (χ2n) is 1.91. The van der Waals surface area contributed by atoms with Crippen LogP contribution in [0.25, 0.3) is 0 Å². The molecule has 0 spiro atoms. The molecule has 0 saturated heterocycles. The summed E-state index contributed by atoms with van der Waals surface area (Å²) in [5.74, 6) is 0. The Hall–Kier alpha value is 0.220. The number of rotatable bonds is 4. The molecule has 8 nitrogen and oxygen atoms in total. The molecule has 0 aliphatic rings. The minimum absolute atomic E-state index is 0. The van der Waals surface area contributed by atoms with E-state index in [0.29, 0.717) is 0 Å². The Morgan fingerprint density at radius 1 is 1.08 bits per heavy atom. The molecule has 0 atom stereocenters. The summed E-state index contributed by atoms with van der Waals surface area (Å²) in [5, 5.41) is 9.76. The van der Waals surface area contributed by atoms with Gasteiger partial charge < -0.3 is 24.7 Å². The van der Waals surface area contributed by atoms with Crippen molar-refractivity contribution in [1.29, 1.82) is 0 Å². The van der Waals surface area contributed by atoms with Crippen molar-refractivity contribution in [2.45, 2.75) is 13.0 Å². The van der Waals surface area contributed by atoms with Crippen molar-refractivity contribution in [3.05, 3.63) is 0 Å². The second kappa shape index (κ2) is 5.19. The molecule has 10 heteroatoms. The van der Waals surface area contributed by atoms with Crippen LogP contribution in [0.2, 0.25) is 0 Å². The molecule has 0 heterocycles. The van der Waals surface area contributed by atoms with Crippen molar-refractivity contribution >= 4 is 15.2 Å². The zero-order chi connectivity index (χ0) is 9.99. The molecular weight excluding hydrogens is 224 g/mol. The lowest BCUT2D eigenvalue weighted by molar-refractivity contribution is 0.245. The van der Waals surface area contributed by atoms with Gasteiger partial charge in [0, 0.05) is 0 Å². The Balaban J connectivity index is 0. The maximum Gasteiger partial charge on any atom is 0.354 e. The molecule has 0 radical (unpaired) electrons. The van der Waals surface area contributed by atoms with Gasteiger partial charge in [-0.15, -0.1) is 0 Å². The summed E-state index contributed by atoms with van der Waals surface area (Å²) in [7, 11) is -9.90. The highest BCUT2D eigenvalue weighted by molar-refractivity contribution is 7.70. The van der Waals surface area contributed by atoms with Gasteiger partial charge in [-0.25, -0.2) is 0 Å². The van der Waals surface area contributed by atoms with E-state index in [4.69, 9.17) is 24.7 Å². The van der Waals surface area contributed by atoms with E-state index < -0.39 is 27.4 Å². The van der Waals surface area contributed by atoms with Gasteiger partial charge in [-0.2, -0.15) is 0 Å². The third-order valence-corrected chi connectivity index (χ3v) is 4.36. The van der Waals surface area contributed by atoms with E-state index in [9.17, 15) is 9.13 Å². The van der Waals surface area contributed by atoms with Crippen LogP contribution >= 0.6 is 15.2 Å². The molecule has 13 heavy (non-hydrogen) atoms. The summed E-state index contributed by atoms with van der Waals surface area (Å²) in [6, 6.07) is 0. The predicted octanol–water partition coefficient (Wildman–Crippen LogP) is -1.20. The van der Waals surface area contributed by atoms with Gasteiger partial charge in [-0.1, -0.05) is 7.43 Å². The topological polar surface area (TPSA) is 147 Å². The summed E-state index contributed by atoms with van der Waals surface area (Å²) in [6.07, 6.45) is 0. The lowest BCUT2D eigenvalue weighted by atomic mass is 11.2. The van der Waals surface area contributed by atoms with Crippen LogP contribution in [-0.2, 0) is 9.13 Å². The molecule has 0 aromatic heterocycles. The first-order valence-corrected chi connectivity index (χ1v) is 6.00. The Morgan fingerprint density at radius 2 is 1.38 bits per heavy atom. The Morgan fingerprint density at radius 3 is 1.46 bits per heavy atom. The third kappa shape index (κ3) is 5.51. The summed E-state index contributed by atoms with van der Waals surface area (Å²) < 4.78 is 20.8. The van der Waals surface area contributed by atoms with Crippen LogP contribution < -0.4 is 5.32 Å². The molecule has 0 amide bonds. The second-order valence-corrected chi connectivity index (χ2v) is 5.71. The van der Waals surface area contributed by atoms with Gasteiger partial charge in [-0.3, -0.25) is 14.4 Å². The summed E-state index contributed by atoms with van der Waals surface area (Å²) in [6.45, 7) is -0.930. The SMILES string of the molecule is C.O=P(O)(O)C(NCO)P(=O)(O)O. The van der Waals surface area contributed by atoms with Gasteiger partial charge >= 0.3 is 15.2 Å². The highest BCUT2D eigenvalue weighted by Crippen LogP contribution is 2.58. The van der Waals surface area contributed by atoms with Gasteiger partial charge in [-0.05, 0) is 0 Å².